The summed E-state index contributed by atoms with van der Waals surface area (Å²) in [6.45, 7) is 0. The Morgan fingerprint density at radius 1 is 1.15 bits per heavy atom. The highest BCUT2D eigenvalue weighted by molar-refractivity contribution is 6.45. The van der Waals surface area contributed by atoms with E-state index >= 15 is 0 Å². The van der Waals surface area contributed by atoms with Crippen molar-refractivity contribution in [2.75, 3.05) is 0 Å². The van der Waals surface area contributed by atoms with Crippen LogP contribution in [0.5, 0.6) is 0 Å². The number of fused-ring (bicyclic) bond motifs is 1. The Morgan fingerprint density at radius 3 is 2.60 bits per heavy atom. The molecule has 0 radical (unpaired) electrons. The first-order valence-electron chi connectivity index (χ1n) is 7.03. The molecule has 0 N–H and O–H groups in total. The zero-order chi connectivity index (χ0) is 13.9. The van der Waals surface area contributed by atoms with Crippen LogP contribution in [0.1, 0.15) is 36.0 Å². The number of carbonyl (C=O) groups excluding carboxylic acids is 1. The number of benzene rings is 1. The molecule has 1 aromatic carbocycles. The van der Waals surface area contributed by atoms with Crippen molar-refractivity contribution in [2.24, 2.45) is 5.92 Å². The molecule has 104 valence electrons. The first-order valence-corrected chi connectivity index (χ1v) is 7.03. The maximum Gasteiger partial charge on any atom is 0.296 e. The molecule has 20 heavy (non-hydrogen) atoms. The van der Waals surface area contributed by atoms with Gasteiger partial charge >= 0.3 is 0 Å². The predicted molar refractivity (Wildman–Crippen MR) is 75.4 cm³/mol. The van der Waals surface area contributed by atoms with Crippen molar-refractivity contribution >= 4 is 11.5 Å². The molecule has 0 fully saturated rings. The zero-order valence-electron chi connectivity index (χ0n) is 11.2. The van der Waals surface area contributed by atoms with Crippen LogP contribution in [0, 0.1) is 11.1 Å². The smallest absolute Gasteiger partial charge is 0.296 e. The Kier molecular flexibility index (Phi) is 3.54. The molecular formula is C16H17NO3. The summed E-state index contributed by atoms with van der Waals surface area (Å²) < 4.78 is 0. The zero-order valence-corrected chi connectivity index (χ0v) is 11.2. The van der Waals surface area contributed by atoms with E-state index in [4.69, 9.17) is 4.84 Å². The first kappa shape index (κ1) is 12.9. The van der Waals surface area contributed by atoms with Gasteiger partial charge in [0.1, 0.15) is 0 Å². The van der Waals surface area contributed by atoms with Crippen LogP contribution in [-0.4, -0.2) is 22.5 Å². The molecule has 0 amide bonds. The predicted octanol–water partition coefficient (Wildman–Crippen LogP) is 2.88. The van der Waals surface area contributed by atoms with Crippen LogP contribution in [0.3, 0.4) is 0 Å². The average Bonchev–Trinajstić information content (AvgIpc) is 2.74. The summed E-state index contributed by atoms with van der Waals surface area (Å²) in [5.41, 5.74) is 0.807. The number of rotatable bonds is 2. The Hall–Kier alpha value is -2.10. The van der Waals surface area contributed by atoms with E-state index in [9.17, 15) is 10.0 Å². The molecule has 0 unspecified atom stereocenters. The number of ketones is 1. The molecule has 0 aromatic heterocycles. The van der Waals surface area contributed by atoms with E-state index in [0.29, 0.717) is 10.5 Å². The minimum atomic E-state index is -0.211. The van der Waals surface area contributed by atoms with Gasteiger partial charge in [-0.1, -0.05) is 42.5 Å². The van der Waals surface area contributed by atoms with Crippen LogP contribution in [0.25, 0.3) is 0 Å². The lowest BCUT2D eigenvalue weighted by molar-refractivity contribution is -0.740. The molecule has 1 aromatic rings. The molecule has 1 heterocycles. The molecule has 4 heteroatoms. The van der Waals surface area contributed by atoms with Crippen LogP contribution in [0.15, 0.2) is 42.5 Å². The molecule has 3 rings (SSSR count). The van der Waals surface area contributed by atoms with Crippen LogP contribution >= 0.6 is 0 Å². The monoisotopic (exact) mass is 271 g/mol. The summed E-state index contributed by atoms with van der Waals surface area (Å²) in [6.07, 6.45) is 7.41. The van der Waals surface area contributed by atoms with Gasteiger partial charge in [-0.25, -0.2) is 0 Å². The summed E-state index contributed by atoms with van der Waals surface area (Å²) in [7, 11) is 0. The molecule has 1 aliphatic carbocycles. The normalized spacial score (nSPS) is 27.2. The third-order valence-electron chi connectivity index (χ3n) is 3.93. The number of carbonyl (C=O) groups is 1. The highest BCUT2D eigenvalue weighted by Crippen LogP contribution is 2.29. The number of hydrogen-bond acceptors (Lipinski definition) is 3. The van der Waals surface area contributed by atoms with Crippen molar-refractivity contribution in [2.45, 2.75) is 31.8 Å². The molecule has 4 nitrogen and oxygen atoms in total. The minimum Gasteiger partial charge on any atom is -0.399 e. The summed E-state index contributed by atoms with van der Waals surface area (Å²) in [5.74, 6) is -0.303. The summed E-state index contributed by atoms with van der Waals surface area (Å²) >= 11 is 0. The van der Waals surface area contributed by atoms with E-state index in [0.717, 1.165) is 25.7 Å². The average molecular weight is 271 g/mol. The number of Topliss-reactive ketones (excluding diaryl/α,β-unsaturated/α-hetero) is 1. The molecule has 0 spiro atoms. The lowest BCUT2D eigenvalue weighted by atomic mass is 9.85. The second-order valence-electron chi connectivity index (χ2n) is 5.21. The maximum atomic E-state index is 12.5. The van der Waals surface area contributed by atoms with Crippen molar-refractivity contribution in [1.29, 1.82) is 0 Å². The summed E-state index contributed by atoms with van der Waals surface area (Å²) in [6, 6.07) is 8.93. The lowest BCUT2D eigenvalue weighted by Gasteiger charge is -2.19. The van der Waals surface area contributed by atoms with E-state index in [1.54, 1.807) is 24.3 Å². The van der Waals surface area contributed by atoms with Crippen molar-refractivity contribution in [3.63, 3.8) is 0 Å². The van der Waals surface area contributed by atoms with Crippen molar-refractivity contribution in [1.82, 2.24) is 0 Å². The number of allylic oxidation sites excluding steroid dienone is 2. The van der Waals surface area contributed by atoms with Crippen molar-refractivity contribution in [3.8, 4) is 0 Å². The van der Waals surface area contributed by atoms with Crippen LogP contribution in [0.4, 0.5) is 0 Å². The minimum absolute atomic E-state index is 0.0924. The Bertz CT molecular complexity index is 562. The van der Waals surface area contributed by atoms with Gasteiger partial charge < -0.3 is 4.84 Å². The SMILES string of the molecule is O=C(C1=[N+]([O-])O[C@@H]2CC/C=C\CC[C@@H]12)c1ccccc1. The molecule has 2 aliphatic rings. The third-order valence-corrected chi connectivity index (χ3v) is 3.93. The molecule has 0 saturated carbocycles. The van der Waals surface area contributed by atoms with Gasteiger partial charge in [-0.2, -0.15) is 0 Å². The van der Waals surface area contributed by atoms with E-state index in [2.05, 4.69) is 12.2 Å². The third kappa shape index (κ3) is 2.33. The maximum absolute atomic E-state index is 12.5. The van der Waals surface area contributed by atoms with Gasteiger partial charge in [0, 0.05) is 10.5 Å². The van der Waals surface area contributed by atoms with Crippen molar-refractivity contribution in [3.05, 3.63) is 53.3 Å². The number of hydrogen-bond donors (Lipinski definition) is 0. The van der Waals surface area contributed by atoms with Crippen molar-refractivity contribution < 1.29 is 14.5 Å². The molecular weight excluding hydrogens is 254 g/mol. The van der Waals surface area contributed by atoms with Gasteiger partial charge in [-0.3, -0.25) is 10.0 Å². The van der Waals surface area contributed by atoms with Crippen LogP contribution in [-0.2, 0) is 4.84 Å². The Balaban J connectivity index is 1.89. The van der Waals surface area contributed by atoms with Crippen LogP contribution < -0.4 is 0 Å². The summed E-state index contributed by atoms with van der Waals surface area (Å²) in [5, 5.41) is 12.0. The largest absolute Gasteiger partial charge is 0.399 e. The topological polar surface area (TPSA) is 52.4 Å². The van der Waals surface area contributed by atoms with Gasteiger partial charge in [-0.05, 0) is 25.7 Å². The van der Waals surface area contributed by atoms with E-state index < -0.39 is 0 Å². The van der Waals surface area contributed by atoms with Gasteiger partial charge in [0.05, 0.1) is 12.0 Å². The fourth-order valence-electron chi connectivity index (χ4n) is 2.90. The van der Waals surface area contributed by atoms with E-state index in [1.165, 1.54) is 0 Å². The second-order valence-corrected chi connectivity index (χ2v) is 5.21. The fourth-order valence-corrected chi connectivity index (χ4v) is 2.90. The molecule has 0 saturated heterocycles. The van der Waals surface area contributed by atoms with Gasteiger partial charge in [0.25, 0.3) is 11.5 Å². The first-order chi connectivity index (χ1) is 9.77. The molecule has 2 atom stereocenters. The van der Waals surface area contributed by atoms with Gasteiger partial charge in [-0.15, -0.1) is 0 Å². The van der Waals surface area contributed by atoms with E-state index in [-0.39, 0.29) is 23.5 Å². The Labute approximate surface area is 117 Å². The second kappa shape index (κ2) is 5.49. The van der Waals surface area contributed by atoms with Crippen LogP contribution in [0.2, 0.25) is 0 Å². The number of nitrogens with zero attached hydrogens (tertiary/aromatic N) is 1. The summed E-state index contributed by atoms with van der Waals surface area (Å²) in [4.78, 5) is 18.3. The highest BCUT2D eigenvalue weighted by atomic mass is 16.9. The standard InChI is InChI=1S/C16H17NO3/c18-16(12-8-4-3-5-9-12)15-13-10-6-1-2-7-11-14(13)20-17(15)19/h1-5,8-9,13-14H,6-7,10-11H2/b2-1-/t13-,14-/m1/s1. The van der Waals surface area contributed by atoms with Gasteiger partial charge in [0.15, 0.2) is 0 Å². The molecule has 1 aliphatic heterocycles. The van der Waals surface area contributed by atoms with Gasteiger partial charge in [0.2, 0.25) is 0 Å². The molecule has 0 bridgehead atoms. The fraction of sp³-hybridized carbons (Fsp3) is 0.375. The Morgan fingerprint density at radius 2 is 1.85 bits per heavy atom. The van der Waals surface area contributed by atoms with E-state index in [1.807, 2.05) is 6.07 Å². The quantitative estimate of drug-likeness (QED) is 0.472. The lowest BCUT2D eigenvalue weighted by Crippen LogP contribution is -2.30. The highest BCUT2D eigenvalue weighted by Gasteiger charge is 2.43.